The second-order valence-electron chi connectivity index (χ2n) is 4.14. The summed E-state index contributed by atoms with van der Waals surface area (Å²) in [5, 5.41) is 12.7. The van der Waals surface area contributed by atoms with Crippen LogP contribution < -0.4 is 19.5 Å². The maximum Gasteiger partial charge on any atom is 0.231 e. The minimum Gasteiger partial charge on any atom is -0.493 e. The molecule has 1 atom stereocenters. The highest BCUT2D eigenvalue weighted by molar-refractivity contribution is 5.55. The molecule has 0 aliphatic carbocycles. The molecule has 0 fully saturated rings. The van der Waals surface area contributed by atoms with Gasteiger partial charge in [-0.05, 0) is 17.7 Å². The van der Waals surface area contributed by atoms with E-state index in [1.807, 2.05) is 12.1 Å². The maximum absolute atomic E-state index is 9.47. The van der Waals surface area contributed by atoms with Gasteiger partial charge in [-0.25, -0.2) is 0 Å². The molecule has 1 aliphatic heterocycles. The molecule has 2 rings (SSSR count). The summed E-state index contributed by atoms with van der Waals surface area (Å²) >= 11 is 0. The number of hydrogen-bond donors (Lipinski definition) is 2. The fraction of sp³-hybridized carbons (Fsp3) is 0.538. The van der Waals surface area contributed by atoms with Crippen LogP contribution in [-0.4, -0.2) is 45.9 Å². The van der Waals surface area contributed by atoms with Gasteiger partial charge in [0.1, 0.15) is 0 Å². The van der Waals surface area contributed by atoms with Crippen LogP contribution in [0.15, 0.2) is 12.1 Å². The van der Waals surface area contributed by atoms with E-state index in [2.05, 4.69) is 5.32 Å². The molecule has 0 radical (unpaired) electrons. The van der Waals surface area contributed by atoms with Crippen molar-refractivity contribution in [3.8, 4) is 17.2 Å². The maximum atomic E-state index is 9.47. The van der Waals surface area contributed by atoms with Crippen molar-refractivity contribution in [2.24, 2.45) is 0 Å². The monoisotopic (exact) mass is 269 g/mol. The predicted octanol–water partition coefficient (Wildman–Crippen LogP) is 0.693. The summed E-state index contributed by atoms with van der Waals surface area (Å²) in [5.41, 5.74) is 0.889. The van der Waals surface area contributed by atoms with E-state index >= 15 is 0 Å². The quantitative estimate of drug-likeness (QED) is 0.710. The number of hydrogen-bond acceptors (Lipinski definition) is 6. The second-order valence-corrected chi connectivity index (χ2v) is 4.14. The molecule has 0 saturated heterocycles. The SMILES string of the molecule is COCCNC(CO)c1cc(OC)c2c(c1)OCO2. The van der Waals surface area contributed by atoms with Crippen LogP contribution in [0, 0.1) is 0 Å². The summed E-state index contributed by atoms with van der Waals surface area (Å²) in [6.07, 6.45) is 0. The van der Waals surface area contributed by atoms with Crippen molar-refractivity contribution in [1.29, 1.82) is 0 Å². The van der Waals surface area contributed by atoms with Gasteiger partial charge in [0.05, 0.1) is 26.4 Å². The van der Waals surface area contributed by atoms with E-state index in [9.17, 15) is 5.11 Å². The first-order valence-corrected chi connectivity index (χ1v) is 6.10. The topological polar surface area (TPSA) is 69.2 Å². The highest BCUT2D eigenvalue weighted by atomic mass is 16.7. The van der Waals surface area contributed by atoms with Crippen molar-refractivity contribution in [1.82, 2.24) is 5.32 Å². The van der Waals surface area contributed by atoms with Crippen molar-refractivity contribution < 1.29 is 24.1 Å². The molecule has 6 heteroatoms. The van der Waals surface area contributed by atoms with Crippen LogP contribution in [0.1, 0.15) is 11.6 Å². The number of aliphatic hydroxyl groups excluding tert-OH is 1. The Hall–Kier alpha value is -1.50. The third kappa shape index (κ3) is 3.09. The molecule has 106 valence electrons. The highest BCUT2D eigenvalue weighted by Gasteiger charge is 2.22. The molecule has 1 heterocycles. The Kier molecular flexibility index (Phi) is 4.84. The summed E-state index contributed by atoms with van der Waals surface area (Å²) in [7, 11) is 3.21. The third-order valence-electron chi connectivity index (χ3n) is 2.96. The summed E-state index contributed by atoms with van der Waals surface area (Å²) in [5.74, 6) is 1.86. The predicted molar refractivity (Wildman–Crippen MR) is 68.8 cm³/mol. The Balaban J connectivity index is 2.18. The van der Waals surface area contributed by atoms with Gasteiger partial charge >= 0.3 is 0 Å². The van der Waals surface area contributed by atoms with E-state index in [0.717, 1.165) is 5.56 Å². The van der Waals surface area contributed by atoms with Crippen molar-refractivity contribution >= 4 is 0 Å². The van der Waals surface area contributed by atoms with Gasteiger partial charge in [-0.1, -0.05) is 0 Å². The minimum absolute atomic E-state index is 0.0213. The van der Waals surface area contributed by atoms with Crippen LogP contribution in [0.25, 0.3) is 0 Å². The first kappa shape index (κ1) is 13.9. The van der Waals surface area contributed by atoms with E-state index in [-0.39, 0.29) is 19.4 Å². The number of benzene rings is 1. The second kappa shape index (κ2) is 6.60. The molecule has 1 unspecified atom stereocenters. The van der Waals surface area contributed by atoms with E-state index in [1.54, 1.807) is 14.2 Å². The van der Waals surface area contributed by atoms with Crippen LogP contribution in [-0.2, 0) is 4.74 Å². The summed E-state index contributed by atoms with van der Waals surface area (Å²) in [4.78, 5) is 0. The molecule has 0 aromatic heterocycles. The van der Waals surface area contributed by atoms with Crippen LogP contribution >= 0.6 is 0 Å². The number of nitrogens with one attached hydrogen (secondary N) is 1. The Morgan fingerprint density at radius 2 is 2.21 bits per heavy atom. The lowest BCUT2D eigenvalue weighted by Gasteiger charge is -2.18. The summed E-state index contributed by atoms with van der Waals surface area (Å²) in [6.45, 7) is 1.40. The van der Waals surface area contributed by atoms with Crippen LogP contribution in [0.5, 0.6) is 17.2 Å². The molecular weight excluding hydrogens is 250 g/mol. The van der Waals surface area contributed by atoms with Gasteiger partial charge in [-0.3, -0.25) is 0 Å². The molecule has 1 aromatic rings. The Morgan fingerprint density at radius 1 is 1.37 bits per heavy atom. The number of aliphatic hydroxyl groups is 1. The number of rotatable bonds is 7. The van der Waals surface area contributed by atoms with Gasteiger partial charge in [-0.2, -0.15) is 0 Å². The summed E-state index contributed by atoms with van der Waals surface area (Å²) < 4.78 is 21.0. The van der Waals surface area contributed by atoms with Gasteiger partial charge < -0.3 is 29.4 Å². The molecule has 2 N–H and O–H groups in total. The average molecular weight is 269 g/mol. The van der Waals surface area contributed by atoms with E-state index in [4.69, 9.17) is 18.9 Å². The highest BCUT2D eigenvalue weighted by Crippen LogP contribution is 2.42. The molecular formula is C13H19NO5. The normalized spacial score (nSPS) is 14.5. The zero-order valence-electron chi connectivity index (χ0n) is 11.1. The number of ether oxygens (including phenoxy) is 4. The van der Waals surface area contributed by atoms with Gasteiger partial charge in [0.15, 0.2) is 11.5 Å². The Morgan fingerprint density at radius 3 is 2.89 bits per heavy atom. The van der Waals surface area contributed by atoms with Crippen molar-refractivity contribution in [2.45, 2.75) is 6.04 Å². The number of fused-ring (bicyclic) bond motifs is 1. The lowest BCUT2D eigenvalue weighted by molar-refractivity contribution is 0.171. The molecule has 0 spiro atoms. The first-order valence-electron chi connectivity index (χ1n) is 6.10. The molecule has 1 aromatic carbocycles. The molecule has 0 amide bonds. The van der Waals surface area contributed by atoms with Crippen LogP contribution in [0.3, 0.4) is 0 Å². The van der Waals surface area contributed by atoms with Crippen LogP contribution in [0.2, 0.25) is 0 Å². The minimum atomic E-state index is -0.196. The fourth-order valence-corrected chi connectivity index (χ4v) is 1.97. The van der Waals surface area contributed by atoms with Crippen molar-refractivity contribution in [3.05, 3.63) is 17.7 Å². The number of methoxy groups -OCH3 is 2. The largest absolute Gasteiger partial charge is 0.493 e. The van der Waals surface area contributed by atoms with Gasteiger partial charge in [0, 0.05) is 13.7 Å². The smallest absolute Gasteiger partial charge is 0.231 e. The van der Waals surface area contributed by atoms with Gasteiger partial charge in [-0.15, -0.1) is 0 Å². The fourth-order valence-electron chi connectivity index (χ4n) is 1.97. The van der Waals surface area contributed by atoms with E-state index in [0.29, 0.717) is 30.4 Å². The molecule has 6 nitrogen and oxygen atoms in total. The average Bonchev–Trinajstić information content (AvgIpc) is 2.91. The molecule has 0 bridgehead atoms. The summed E-state index contributed by atoms with van der Waals surface area (Å²) in [6, 6.07) is 3.50. The first-order chi connectivity index (χ1) is 9.30. The Labute approximate surface area is 112 Å². The Bertz CT molecular complexity index is 424. The standard InChI is InChI=1S/C13H19NO5/c1-16-4-3-14-10(7-15)9-5-11(17-2)13-12(6-9)18-8-19-13/h5-6,10,14-15H,3-4,7-8H2,1-2H3. The third-order valence-corrected chi connectivity index (χ3v) is 2.96. The van der Waals surface area contributed by atoms with Crippen molar-refractivity contribution in [2.75, 3.05) is 40.8 Å². The lowest BCUT2D eigenvalue weighted by atomic mass is 10.1. The van der Waals surface area contributed by atoms with Crippen LogP contribution in [0.4, 0.5) is 0 Å². The van der Waals surface area contributed by atoms with E-state index < -0.39 is 0 Å². The molecule has 0 saturated carbocycles. The van der Waals surface area contributed by atoms with Crippen molar-refractivity contribution in [3.63, 3.8) is 0 Å². The van der Waals surface area contributed by atoms with E-state index in [1.165, 1.54) is 0 Å². The molecule has 19 heavy (non-hydrogen) atoms. The lowest BCUT2D eigenvalue weighted by Crippen LogP contribution is -2.27. The van der Waals surface area contributed by atoms with Gasteiger partial charge in [0.25, 0.3) is 0 Å². The molecule has 1 aliphatic rings. The van der Waals surface area contributed by atoms with Gasteiger partial charge in [0.2, 0.25) is 12.5 Å². The zero-order chi connectivity index (χ0) is 13.7. The zero-order valence-corrected chi connectivity index (χ0v) is 11.1.